The fourth-order valence-electron chi connectivity index (χ4n) is 5.20. The van der Waals surface area contributed by atoms with Gasteiger partial charge in [-0.2, -0.15) is 5.10 Å². The Labute approximate surface area is 134 Å². The largest absolute Gasteiger partial charge is 0.353 e. The van der Waals surface area contributed by atoms with Crippen molar-refractivity contribution in [3.05, 3.63) is 22.5 Å². The van der Waals surface area contributed by atoms with Gasteiger partial charge in [-0.25, -0.2) is 0 Å². The number of nitro groups is 1. The van der Waals surface area contributed by atoms with Gasteiger partial charge in [-0.15, -0.1) is 0 Å². The molecule has 124 valence electrons. The van der Waals surface area contributed by atoms with Gasteiger partial charge < -0.3 is 5.32 Å². The Kier molecular flexibility index (Phi) is 3.58. The van der Waals surface area contributed by atoms with Crippen molar-refractivity contribution in [2.45, 2.75) is 51.1 Å². The number of aromatic nitrogens is 2. The van der Waals surface area contributed by atoms with Crippen LogP contribution in [0, 0.1) is 33.8 Å². The van der Waals surface area contributed by atoms with E-state index in [1.165, 1.54) is 49.2 Å². The predicted octanol–water partition coefficient (Wildman–Crippen LogP) is 2.12. The molecule has 1 aromatic heterocycles. The van der Waals surface area contributed by atoms with Crippen molar-refractivity contribution in [1.82, 2.24) is 15.1 Å². The van der Waals surface area contributed by atoms with E-state index in [9.17, 15) is 14.9 Å². The first-order chi connectivity index (χ1) is 11.1. The van der Waals surface area contributed by atoms with Crippen molar-refractivity contribution in [3.63, 3.8) is 0 Å². The summed E-state index contributed by atoms with van der Waals surface area (Å²) in [5, 5.41) is 17.8. The number of aryl methyl sites for hydroxylation is 1. The molecule has 0 saturated heterocycles. The molecule has 1 N–H and O–H groups in total. The average molecular weight is 318 g/mol. The molecule has 7 nitrogen and oxygen atoms in total. The number of nitrogens with zero attached hydrogens (tertiary/aromatic N) is 3. The summed E-state index contributed by atoms with van der Waals surface area (Å²) in [6.07, 6.45) is 9.44. The van der Waals surface area contributed by atoms with Crippen LogP contribution in [-0.2, 0) is 11.3 Å². The van der Waals surface area contributed by atoms with Crippen LogP contribution in [0.2, 0.25) is 0 Å². The molecular weight excluding hydrogens is 296 g/mol. The highest BCUT2D eigenvalue weighted by Gasteiger charge is 2.48. The first-order valence-corrected chi connectivity index (χ1v) is 8.54. The van der Waals surface area contributed by atoms with Gasteiger partial charge in [0.2, 0.25) is 5.91 Å². The minimum atomic E-state index is -0.474. The third kappa shape index (κ3) is 2.84. The van der Waals surface area contributed by atoms with E-state index in [0.717, 1.165) is 11.8 Å². The van der Waals surface area contributed by atoms with E-state index in [0.29, 0.717) is 30.8 Å². The van der Waals surface area contributed by atoms with E-state index in [-0.39, 0.29) is 11.6 Å². The molecule has 4 bridgehead atoms. The topological polar surface area (TPSA) is 90.1 Å². The standard InChI is InChI=1S/C16H22N4O3/c21-15(1-2-19-9-14(8-17-19)20(22)23)18-16-12-4-10-3-11(6-12)7-13(16)5-10/h8-13,16H,1-7H2,(H,18,21). The van der Waals surface area contributed by atoms with Crippen LogP contribution in [0.4, 0.5) is 5.69 Å². The van der Waals surface area contributed by atoms with E-state index in [1.807, 2.05) is 0 Å². The molecule has 0 unspecified atom stereocenters. The number of amides is 1. The van der Waals surface area contributed by atoms with Crippen LogP contribution in [-0.4, -0.2) is 26.7 Å². The van der Waals surface area contributed by atoms with E-state index in [4.69, 9.17) is 0 Å². The number of hydrogen-bond acceptors (Lipinski definition) is 4. The highest BCUT2D eigenvalue weighted by atomic mass is 16.6. The second kappa shape index (κ2) is 5.62. The number of carbonyl (C=O) groups excluding carboxylic acids is 1. The molecule has 0 atom stereocenters. The van der Waals surface area contributed by atoms with E-state index >= 15 is 0 Å². The van der Waals surface area contributed by atoms with Gasteiger partial charge in [-0.05, 0) is 55.8 Å². The van der Waals surface area contributed by atoms with E-state index < -0.39 is 4.92 Å². The summed E-state index contributed by atoms with van der Waals surface area (Å²) in [7, 11) is 0. The minimum Gasteiger partial charge on any atom is -0.353 e. The fourth-order valence-corrected chi connectivity index (χ4v) is 5.20. The molecule has 23 heavy (non-hydrogen) atoms. The van der Waals surface area contributed by atoms with Crippen LogP contribution in [0.1, 0.15) is 38.5 Å². The summed E-state index contributed by atoms with van der Waals surface area (Å²) in [5.41, 5.74) is -0.0357. The number of rotatable bonds is 5. The summed E-state index contributed by atoms with van der Waals surface area (Å²) in [5.74, 6) is 3.17. The number of nitrogens with one attached hydrogen (secondary N) is 1. The highest BCUT2D eigenvalue weighted by molar-refractivity contribution is 5.76. The van der Waals surface area contributed by atoms with Crippen LogP contribution < -0.4 is 5.32 Å². The van der Waals surface area contributed by atoms with Gasteiger partial charge in [0, 0.05) is 19.0 Å². The zero-order chi connectivity index (χ0) is 16.0. The van der Waals surface area contributed by atoms with Gasteiger partial charge in [-0.3, -0.25) is 19.6 Å². The van der Waals surface area contributed by atoms with Crippen LogP contribution in [0.15, 0.2) is 12.4 Å². The van der Waals surface area contributed by atoms with Crippen molar-refractivity contribution >= 4 is 11.6 Å². The Bertz CT molecular complexity index is 599. The van der Waals surface area contributed by atoms with Crippen LogP contribution in [0.25, 0.3) is 0 Å². The lowest BCUT2D eigenvalue weighted by molar-refractivity contribution is -0.385. The molecule has 4 saturated carbocycles. The number of hydrogen-bond donors (Lipinski definition) is 1. The van der Waals surface area contributed by atoms with Gasteiger partial charge in [0.15, 0.2) is 0 Å². The lowest BCUT2D eigenvalue weighted by atomic mass is 9.54. The molecule has 4 aliphatic carbocycles. The van der Waals surface area contributed by atoms with Crippen molar-refractivity contribution in [3.8, 4) is 0 Å². The van der Waals surface area contributed by atoms with Crippen molar-refractivity contribution < 1.29 is 9.72 Å². The van der Waals surface area contributed by atoms with Crippen LogP contribution in [0.3, 0.4) is 0 Å². The predicted molar refractivity (Wildman–Crippen MR) is 82.5 cm³/mol. The third-order valence-corrected chi connectivity index (χ3v) is 5.95. The van der Waals surface area contributed by atoms with Gasteiger partial charge >= 0.3 is 5.69 Å². The Morgan fingerprint density at radius 3 is 2.48 bits per heavy atom. The molecule has 0 aromatic carbocycles. The molecule has 1 heterocycles. The lowest BCUT2D eigenvalue weighted by Crippen LogP contribution is -2.55. The lowest BCUT2D eigenvalue weighted by Gasteiger charge is -2.54. The van der Waals surface area contributed by atoms with Gasteiger partial charge in [0.05, 0.1) is 4.92 Å². The van der Waals surface area contributed by atoms with Gasteiger partial charge in [0.1, 0.15) is 12.4 Å². The van der Waals surface area contributed by atoms with Gasteiger partial charge in [0.25, 0.3) is 0 Å². The summed E-state index contributed by atoms with van der Waals surface area (Å²) < 4.78 is 1.47. The Hall–Kier alpha value is -1.92. The summed E-state index contributed by atoms with van der Waals surface area (Å²) >= 11 is 0. The second-order valence-electron chi connectivity index (χ2n) is 7.49. The molecule has 4 fully saturated rings. The van der Waals surface area contributed by atoms with E-state index in [2.05, 4.69) is 10.4 Å². The van der Waals surface area contributed by atoms with Crippen LogP contribution in [0.5, 0.6) is 0 Å². The zero-order valence-electron chi connectivity index (χ0n) is 13.1. The normalized spacial score (nSPS) is 34.5. The summed E-state index contributed by atoms with van der Waals surface area (Å²) in [4.78, 5) is 22.4. The number of carbonyl (C=O) groups is 1. The first kappa shape index (κ1) is 14.7. The maximum atomic E-state index is 12.3. The van der Waals surface area contributed by atoms with Crippen molar-refractivity contribution in [2.75, 3.05) is 0 Å². The Morgan fingerprint density at radius 1 is 1.26 bits per heavy atom. The quantitative estimate of drug-likeness (QED) is 0.665. The molecule has 0 aliphatic heterocycles. The fraction of sp³-hybridized carbons (Fsp3) is 0.750. The minimum absolute atomic E-state index is 0.0357. The highest BCUT2D eigenvalue weighted by Crippen LogP contribution is 2.53. The maximum Gasteiger partial charge on any atom is 0.306 e. The van der Waals surface area contributed by atoms with E-state index in [1.54, 1.807) is 0 Å². The molecule has 7 heteroatoms. The molecule has 0 radical (unpaired) electrons. The first-order valence-electron chi connectivity index (χ1n) is 8.54. The molecule has 0 spiro atoms. The molecule has 1 amide bonds. The molecule has 5 rings (SSSR count). The molecule has 1 aromatic rings. The van der Waals surface area contributed by atoms with Crippen LogP contribution >= 0.6 is 0 Å². The average Bonchev–Trinajstić information content (AvgIpc) is 2.97. The Morgan fingerprint density at radius 2 is 1.91 bits per heavy atom. The molecular formula is C16H22N4O3. The summed E-state index contributed by atoms with van der Waals surface area (Å²) in [6.45, 7) is 0.382. The zero-order valence-corrected chi connectivity index (χ0v) is 13.1. The monoisotopic (exact) mass is 318 g/mol. The van der Waals surface area contributed by atoms with Crippen molar-refractivity contribution in [2.24, 2.45) is 23.7 Å². The SMILES string of the molecule is O=C(CCn1cc([N+](=O)[O-])cn1)NC1C2CC3CC(C2)CC1C3. The third-order valence-electron chi connectivity index (χ3n) is 5.95. The van der Waals surface area contributed by atoms with Crippen molar-refractivity contribution in [1.29, 1.82) is 0 Å². The Balaban J connectivity index is 1.31. The smallest absolute Gasteiger partial charge is 0.306 e. The second-order valence-corrected chi connectivity index (χ2v) is 7.49. The maximum absolute atomic E-state index is 12.3. The molecule has 4 aliphatic rings. The van der Waals surface area contributed by atoms with Gasteiger partial charge in [-0.1, -0.05) is 0 Å². The summed E-state index contributed by atoms with van der Waals surface area (Å²) in [6, 6.07) is 0.349.